The number of nitrogens with two attached hydrogens (primary N) is 1. The van der Waals surface area contributed by atoms with Gasteiger partial charge in [-0.25, -0.2) is 4.79 Å². The van der Waals surface area contributed by atoms with Crippen LogP contribution in [0.25, 0.3) is 0 Å². The van der Waals surface area contributed by atoms with E-state index in [1.165, 1.54) is 0 Å². The molecule has 1 rings (SSSR count). The van der Waals surface area contributed by atoms with E-state index < -0.39 is 0 Å². The summed E-state index contributed by atoms with van der Waals surface area (Å²) in [6.07, 6.45) is 1.41. The van der Waals surface area contributed by atoms with Gasteiger partial charge >= 0.3 is 6.09 Å². The van der Waals surface area contributed by atoms with Gasteiger partial charge in [0.2, 0.25) is 0 Å². The highest BCUT2D eigenvalue weighted by molar-refractivity contribution is 5.70. The van der Waals surface area contributed by atoms with E-state index in [4.69, 9.17) is 10.5 Å². The number of carbonyl (C=O) groups excluding carboxylic acids is 1. The molecule has 3 N–H and O–H groups in total. The largest absolute Gasteiger partial charge is 0.441 e. The van der Waals surface area contributed by atoms with Crippen LogP contribution in [0.1, 0.15) is 19.8 Å². The summed E-state index contributed by atoms with van der Waals surface area (Å²) in [6, 6.07) is 0. The number of cyclic esters (lactones) is 1. The summed E-state index contributed by atoms with van der Waals surface area (Å²) >= 11 is 0. The molecule has 0 bridgehead atoms. The van der Waals surface area contributed by atoms with Gasteiger partial charge in [-0.15, -0.1) is 0 Å². The third-order valence-electron chi connectivity index (χ3n) is 1.86. The third kappa shape index (κ3) is 2.08. The first-order chi connectivity index (χ1) is 5.16. The van der Waals surface area contributed by atoms with Crippen molar-refractivity contribution in [2.45, 2.75) is 25.4 Å². The van der Waals surface area contributed by atoms with Crippen LogP contribution in [-0.4, -0.2) is 24.8 Å². The number of rotatable bonds is 3. The van der Waals surface area contributed by atoms with Crippen molar-refractivity contribution >= 4 is 6.09 Å². The van der Waals surface area contributed by atoms with Gasteiger partial charge in [0.05, 0.1) is 6.54 Å². The van der Waals surface area contributed by atoms with Crippen LogP contribution in [0, 0.1) is 0 Å². The van der Waals surface area contributed by atoms with E-state index >= 15 is 0 Å². The molecule has 1 saturated heterocycles. The fourth-order valence-electron chi connectivity index (χ4n) is 1.17. The van der Waals surface area contributed by atoms with Crippen molar-refractivity contribution < 1.29 is 9.53 Å². The maximum atomic E-state index is 10.7. The van der Waals surface area contributed by atoms with Gasteiger partial charge in [0.25, 0.3) is 0 Å². The molecular weight excluding hydrogens is 144 g/mol. The number of alkyl carbamates (subject to hydrolysis) is 1. The van der Waals surface area contributed by atoms with E-state index in [0.29, 0.717) is 13.1 Å². The number of hydrogen-bond acceptors (Lipinski definition) is 3. The van der Waals surface area contributed by atoms with E-state index in [0.717, 1.165) is 12.8 Å². The van der Waals surface area contributed by atoms with Crippen molar-refractivity contribution in [3.8, 4) is 0 Å². The van der Waals surface area contributed by atoms with Crippen LogP contribution < -0.4 is 11.1 Å². The molecule has 1 aliphatic heterocycles. The van der Waals surface area contributed by atoms with Gasteiger partial charge in [0, 0.05) is 0 Å². The Balaban J connectivity index is 2.35. The van der Waals surface area contributed by atoms with Crippen LogP contribution in [0.2, 0.25) is 0 Å². The van der Waals surface area contributed by atoms with E-state index in [9.17, 15) is 4.79 Å². The van der Waals surface area contributed by atoms with Crippen molar-refractivity contribution in [2.75, 3.05) is 13.1 Å². The molecule has 0 aromatic heterocycles. The fraction of sp³-hybridized carbons (Fsp3) is 0.857. The fourth-order valence-corrected chi connectivity index (χ4v) is 1.17. The Hall–Kier alpha value is -0.770. The summed E-state index contributed by atoms with van der Waals surface area (Å²) in [7, 11) is 0. The number of ether oxygens (including phenoxy) is 1. The van der Waals surface area contributed by atoms with Crippen molar-refractivity contribution in [2.24, 2.45) is 5.73 Å². The van der Waals surface area contributed by atoms with E-state index in [2.05, 4.69) is 5.32 Å². The standard InChI is InChI=1S/C7H14N2O2/c1-7(3-2-4-8)5-9-6(10)11-7/h2-5,8H2,1H3,(H,9,10). The molecule has 0 aromatic rings. The Morgan fingerprint density at radius 3 is 3.00 bits per heavy atom. The molecule has 0 aliphatic carbocycles. The lowest BCUT2D eigenvalue weighted by atomic mass is 10.0. The second-order valence-electron chi connectivity index (χ2n) is 3.09. The minimum absolute atomic E-state index is 0.315. The zero-order chi connectivity index (χ0) is 8.32. The van der Waals surface area contributed by atoms with Gasteiger partial charge in [0.15, 0.2) is 0 Å². The average molecular weight is 158 g/mol. The number of carbonyl (C=O) groups is 1. The second kappa shape index (κ2) is 3.09. The lowest BCUT2D eigenvalue weighted by Crippen LogP contribution is -2.29. The number of amides is 1. The molecular formula is C7H14N2O2. The van der Waals surface area contributed by atoms with Gasteiger partial charge in [0.1, 0.15) is 5.60 Å². The minimum atomic E-state index is -0.323. The highest BCUT2D eigenvalue weighted by atomic mass is 16.6. The van der Waals surface area contributed by atoms with Gasteiger partial charge in [-0.2, -0.15) is 0 Å². The molecule has 0 saturated carbocycles. The zero-order valence-corrected chi connectivity index (χ0v) is 6.72. The number of nitrogens with one attached hydrogen (secondary N) is 1. The lowest BCUT2D eigenvalue weighted by Gasteiger charge is -2.19. The Labute approximate surface area is 66.1 Å². The smallest absolute Gasteiger partial charge is 0.407 e. The van der Waals surface area contributed by atoms with Crippen LogP contribution in [-0.2, 0) is 4.74 Å². The summed E-state index contributed by atoms with van der Waals surface area (Å²) in [5.74, 6) is 0. The maximum Gasteiger partial charge on any atom is 0.407 e. The molecule has 0 spiro atoms. The molecule has 1 amide bonds. The summed E-state index contributed by atoms with van der Waals surface area (Å²) in [5.41, 5.74) is 5.02. The third-order valence-corrected chi connectivity index (χ3v) is 1.86. The summed E-state index contributed by atoms with van der Waals surface area (Å²) in [6.45, 7) is 3.17. The average Bonchev–Trinajstić information content (AvgIpc) is 2.28. The molecule has 4 heteroatoms. The van der Waals surface area contributed by atoms with E-state index in [-0.39, 0.29) is 11.7 Å². The second-order valence-corrected chi connectivity index (χ2v) is 3.09. The van der Waals surface area contributed by atoms with Gasteiger partial charge in [-0.1, -0.05) is 0 Å². The summed E-state index contributed by atoms with van der Waals surface area (Å²) < 4.78 is 5.05. The first-order valence-corrected chi connectivity index (χ1v) is 3.83. The lowest BCUT2D eigenvalue weighted by molar-refractivity contribution is 0.0640. The molecule has 1 unspecified atom stereocenters. The molecule has 4 nitrogen and oxygen atoms in total. The van der Waals surface area contributed by atoms with Crippen LogP contribution in [0.4, 0.5) is 4.79 Å². The predicted octanol–water partition coefficient (Wildman–Crippen LogP) is 0.224. The van der Waals surface area contributed by atoms with Crippen molar-refractivity contribution in [1.29, 1.82) is 0 Å². The van der Waals surface area contributed by atoms with E-state index in [1.54, 1.807) is 0 Å². The van der Waals surface area contributed by atoms with Crippen LogP contribution >= 0.6 is 0 Å². The van der Waals surface area contributed by atoms with Crippen LogP contribution in [0.3, 0.4) is 0 Å². The monoisotopic (exact) mass is 158 g/mol. The molecule has 11 heavy (non-hydrogen) atoms. The van der Waals surface area contributed by atoms with Gasteiger partial charge in [-0.3, -0.25) is 0 Å². The van der Waals surface area contributed by atoms with Gasteiger partial charge < -0.3 is 15.8 Å². The first-order valence-electron chi connectivity index (χ1n) is 3.83. The molecule has 0 aromatic carbocycles. The highest BCUT2D eigenvalue weighted by Gasteiger charge is 2.34. The quantitative estimate of drug-likeness (QED) is 0.617. The van der Waals surface area contributed by atoms with E-state index in [1.807, 2.05) is 6.92 Å². The summed E-state index contributed by atoms with van der Waals surface area (Å²) in [4.78, 5) is 10.7. The Morgan fingerprint density at radius 2 is 2.55 bits per heavy atom. The zero-order valence-electron chi connectivity index (χ0n) is 6.72. The molecule has 1 atom stereocenters. The van der Waals surface area contributed by atoms with Crippen molar-refractivity contribution in [3.05, 3.63) is 0 Å². The molecule has 1 heterocycles. The molecule has 1 aliphatic rings. The highest BCUT2D eigenvalue weighted by Crippen LogP contribution is 2.20. The predicted molar refractivity (Wildman–Crippen MR) is 41.2 cm³/mol. The number of hydrogen-bond donors (Lipinski definition) is 2. The van der Waals surface area contributed by atoms with Crippen molar-refractivity contribution in [1.82, 2.24) is 5.32 Å². The maximum absolute atomic E-state index is 10.7. The minimum Gasteiger partial charge on any atom is -0.441 e. The Bertz CT molecular complexity index is 161. The van der Waals surface area contributed by atoms with Crippen molar-refractivity contribution in [3.63, 3.8) is 0 Å². The Morgan fingerprint density at radius 1 is 1.82 bits per heavy atom. The molecule has 64 valence electrons. The molecule has 0 radical (unpaired) electrons. The van der Waals surface area contributed by atoms with Crippen LogP contribution in [0.5, 0.6) is 0 Å². The molecule has 1 fully saturated rings. The Kier molecular flexibility index (Phi) is 2.34. The summed E-state index contributed by atoms with van der Waals surface area (Å²) in [5, 5.41) is 2.62. The van der Waals surface area contributed by atoms with Crippen LogP contribution in [0.15, 0.2) is 0 Å². The normalized spacial score (nSPS) is 29.8. The topological polar surface area (TPSA) is 64.3 Å². The van der Waals surface area contributed by atoms with Gasteiger partial charge in [-0.05, 0) is 26.3 Å². The SMILES string of the molecule is CC1(CCCN)CNC(=O)O1. The first kappa shape index (κ1) is 8.33.